The molecule has 0 bridgehead atoms. The number of carbonyl (C=O) groups is 3. The van der Waals surface area contributed by atoms with Gasteiger partial charge in [-0.1, -0.05) is 0 Å². The number of hydrogen-bond donors (Lipinski definition) is 2. The number of hydrogen-bond acceptors (Lipinski definition) is 9. The average Bonchev–Trinajstić information content (AvgIpc) is 2.87. The number of pyridine rings is 2. The van der Waals surface area contributed by atoms with E-state index in [0.717, 1.165) is 41.4 Å². The molecule has 11 heteroatoms. The minimum absolute atomic E-state index is 0.108. The van der Waals surface area contributed by atoms with Gasteiger partial charge < -0.3 is 19.3 Å². The summed E-state index contributed by atoms with van der Waals surface area (Å²) in [6.45, 7) is 7.26. The van der Waals surface area contributed by atoms with Crippen molar-refractivity contribution in [3.8, 4) is 11.1 Å². The zero-order valence-electron chi connectivity index (χ0n) is 20.2. The van der Waals surface area contributed by atoms with Gasteiger partial charge in [0.15, 0.2) is 5.41 Å². The van der Waals surface area contributed by atoms with Crippen molar-refractivity contribution >= 4 is 29.5 Å². The molecule has 1 spiro atoms. The second-order valence-electron chi connectivity index (χ2n) is 9.85. The SMILES string of the molecule is C[C@@H]1CN2c3ncc(-c4ccc(N5CCOCC5)nc4)cc3CC3(C(=O)NC(=O)NC3=O)[C@H]2[C@H](C)O1. The van der Waals surface area contributed by atoms with E-state index in [0.29, 0.717) is 19.8 Å². The zero-order valence-corrected chi connectivity index (χ0v) is 20.2. The molecule has 36 heavy (non-hydrogen) atoms. The molecule has 3 atom stereocenters. The van der Waals surface area contributed by atoms with E-state index in [1.54, 1.807) is 6.20 Å². The lowest BCUT2D eigenvalue weighted by Gasteiger charge is -2.54. The summed E-state index contributed by atoms with van der Waals surface area (Å²) >= 11 is 0. The molecule has 4 amide bonds. The van der Waals surface area contributed by atoms with Crippen LogP contribution in [0.2, 0.25) is 0 Å². The third-order valence-corrected chi connectivity index (χ3v) is 7.55. The fraction of sp³-hybridized carbons (Fsp3) is 0.480. The number of ether oxygens (including phenoxy) is 2. The van der Waals surface area contributed by atoms with Gasteiger partial charge in [0.1, 0.15) is 11.6 Å². The molecule has 3 saturated heterocycles. The molecule has 3 fully saturated rings. The molecule has 188 valence electrons. The van der Waals surface area contributed by atoms with Crippen LogP contribution >= 0.6 is 0 Å². The number of rotatable bonds is 2. The monoisotopic (exact) mass is 492 g/mol. The Kier molecular flexibility index (Phi) is 5.41. The van der Waals surface area contributed by atoms with Gasteiger partial charge in [0.25, 0.3) is 0 Å². The van der Waals surface area contributed by atoms with Crippen LogP contribution in [0.3, 0.4) is 0 Å². The number of aromatic nitrogens is 2. The average molecular weight is 493 g/mol. The lowest BCUT2D eigenvalue weighted by Crippen LogP contribution is -2.75. The molecular formula is C25H28N6O5. The highest BCUT2D eigenvalue weighted by atomic mass is 16.5. The largest absolute Gasteiger partial charge is 0.378 e. The molecule has 0 saturated carbocycles. The molecule has 11 nitrogen and oxygen atoms in total. The maximum Gasteiger partial charge on any atom is 0.328 e. The van der Waals surface area contributed by atoms with Crippen LogP contribution in [0.15, 0.2) is 30.6 Å². The standard InChI is InChI=1S/C25H28N6O5/c1-14-13-31-20(15(2)36-14)25(22(32)28-24(34)29-23(25)33)10-17-9-18(12-27-21(17)31)16-3-4-19(26-11-16)30-5-7-35-8-6-30/h3-4,9,11-12,14-15,20H,5-8,10,13H2,1-2H3,(H2,28,29,32,33,34)/t14-,15+,20-/m1/s1. The molecule has 2 aromatic heterocycles. The van der Waals surface area contributed by atoms with Crippen LogP contribution in [0.25, 0.3) is 11.1 Å². The van der Waals surface area contributed by atoms with Crippen LogP contribution in [0, 0.1) is 5.41 Å². The van der Waals surface area contributed by atoms with Gasteiger partial charge in [-0.15, -0.1) is 0 Å². The van der Waals surface area contributed by atoms with E-state index in [1.807, 2.05) is 43.1 Å². The van der Waals surface area contributed by atoms with Gasteiger partial charge in [-0.25, -0.2) is 14.8 Å². The molecule has 6 heterocycles. The van der Waals surface area contributed by atoms with Crippen LogP contribution in [-0.4, -0.2) is 78.9 Å². The smallest absolute Gasteiger partial charge is 0.328 e. The summed E-state index contributed by atoms with van der Waals surface area (Å²) in [5.74, 6) is 0.408. The number of nitrogens with one attached hydrogen (secondary N) is 2. The number of imide groups is 2. The van der Waals surface area contributed by atoms with Gasteiger partial charge in [0, 0.05) is 49.6 Å². The van der Waals surface area contributed by atoms with Crippen LogP contribution in [-0.2, 0) is 25.5 Å². The Labute approximate surface area is 208 Å². The Morgan fingerprint density at radius 2 is 1.72 bits per heavy atom. The topological polar surface area (TPSA) is 126 Å². The third-order valence-electron chi connectivity index (χ3n) is 7.55. The molecular weight excluding hydrogens is 464 g/mol. The van der Waals surface area contributed by atoms with Crippen molar-refractivity contribution in [3.05, 3.63) is 36.2 Å². The second-order valence-corrected chi connectivity index (χ2v) is 9.85. The number of fused-ring (bicyclic) bond motifs is 4. The molecule has 6 rings (SSSR count). The van der Waals surface area contributed by atoms with E-state index < -0.39 is 35.4 Å². The molecule has 2 N–H and O–H groups in total. The van der Waals surface area contributed by atoms with Crippen molar-refractivity contribution < 1.29 is 23.9 Å². The number of amides is 4. The van der Waals surface area contributed by atoms with E-state index in [9.17, 15) is 14.4 Å². The summed E-state index contributed by atoms with van der Waals surface area (Å²) < 4.78 is 11.5. The number of anilines is 2. The highest BCUT2D eigenvalue weighted by Gasteiger charge is 2.63. The molecule has 4 aliphatic heterocycles. The van der Waals surface area contributed by atoms with Crippen molar-refractivity contribution in [2.75, 3.05) is 42.6 Å². The van der Waals surface area contributed by atoms with Crippen molar-refractivity contribution in [3.63, 3.8) is 0 Å². The first-order valence-electron chi connectivity index (χ1n) is 12.2. The van der Waals surface area contributed by atoms with E-state index in [4.69, 9.17) is 14.5 Å². The molecule has 0 unspecified atom stereocenters. The number of urea groups is 1. The molecule has 4 aliphatic rings. The van der Waals surface area contributed by atoms with Gasteiger partial charge in [-0.05, 0) is 37.6 Å². The zero-order chi connectivity index (χ0) is 25.0. The second kappa shape index (κ2) is 8.52. The van der Waals surface area contributed by atoms with Crippen LogP contribution in [0.1, 0.15) is 19.4 Å². The maximum atomic E-state index is 13.3. The maximum absolute atomic E-state index is 13.3. The molecule has 2 aromatic rings. The number of morpholine rings is 2. The van der Waals surface area contributed by atoms with Gasteiger partial charge in [0.2, 0.25) is 11.8 Å². The minimum atomic E-state index is -1.51. The van der Waals surface area contributed by atoms with Crippen LogP contribution in [0.5, 0.6) is 0 Å². The summed E-state index contributed by atoms with van der Waals surface area (Å²) in [6, 6.07) is 4.55. The molecule has 0 aliphatic carbocycles. The Bertz CT molecular complexity index is 1210. The Morgan fingerprint density at radius 1 is 1.00 bits per heavy atom. The highest BCUT2D eigenvalue weighted by molar-refractivity contribution is 6.20. The molecule has 0 aromatic carbocycles. The first kappa shape index (κ1) is 22.9. The highest BCUT2D eigenvalue weighted by Crippen LogP contribution is 2.46. The van der Waals surface area contributed by atoms with E-state index in [1.165, 1.54) is 0 Å². The number of nitrogens with zero attached hydrogens (tertiary/aromatic N) is 4. The number of carbonyl (C=O) groups excluding carboxylic acids is 3. The van der Waals surface area contributed by atoms with E-state index >= 15 is 0 Å². The van der Waals surface area contributed by atoms with Gasteiger partial charge in [-0.2, -0.15) is 0 Å². The number of barbiturate groups is 1. The van der Waals surface area contributed by atoms with Gasteiger partial charge in [0.05, 0.1) is 31.5 Å². The fourth-order valence-corrected chi connectivity index (χ4v) is 6.00. The molecule has 0 radical (unpaired) electrons. The summed E-state index contributed by atoms with van der Waals surface area (Å²) in [5, 5.41) is 4.63. The van der Waals surface area contributed by atoms with Gasteiger partial charge >= 0.3 is 6.03 Å². The Morgan fingerprint density at radius 3 is 2.42 bits per heavy atom. The Balaban J connectivity index is 1.39. The van der Waals surface area contributed by atoms with Crippen LogP contribution in [0.4, 0.5) is 16.4 Å². The lowest BCUT2D eigenvalue weighted by molar-refractivity contribution is -0.153. The summed E-state index contributed by atoms with van der Waals surface area (Å²) in [7, 11) is 0. The van der Waals surface area contributed by atoms with Crippen molar-refractivity contribution in [2.24, 2.45) is 5.41 Å². The normalized spacial score (nSPS) is 27.3. The van der Waals surface area contributed by atoms with Crippen molar-refractivity contribution in [2.45, 2.75) is 38.5 Å². The predicted molar refractivity (Wildman–Crippen MR) is 129 cm³/mol. The van der Waals surface area contributed by atoms with Crippen molar-refractivity contribution in [1.82, 2.24) is 20.6 Å². The lowest BCUT2D eigenvalue weighted by atomic mass is 9.67. The summed E-state index contributed by atoms with van der Waals surface area (Å²) in [5.41, 5.74) is 0.974. The van der Waals surface area contributed by atoms with Crippen LogP contribution < -0.4 is 20.4 Å². The predicted octanol–water partition coefficient (Wildman–Crippen LogP) is 0.871. The minimum Gasteiger partial charge on any atom is -0.378 e. The van der Waals surface area contributed by atoms with Crippen molar-refractivity contribution in [1.29, 1.82) is 0 Å². The third kappa shape index (κ3) is 3.53. The van der Waals surface area contributed by atoms with Gasteiger partial charge in [-0.3, -0.25) is 20.2 Å². The summed E-state index contributed by atoms with van der Waals surface area (Å²) in [4.78, 5) is 52.1. The first-order chi connectivity index (χ1) is 17.4. The Hall–Kier alpha value is -3.57. The van der Waals surface area contributed by atoms with E-state index in [-0.39, 0.29) is 12.5 Å². The van der Waals surface area contributed by atoms with E-state index in [2.05, 4.69) is 20.5 Å². The first-order valence-corrected chi connectivity index (χ1v) is 12.2. The quantitative estimate of drug-likeness (QED) is 0.587. The fourth-order valence-electron chi connectivity index (χ4n) is 6.00. The summed E-state index contributed by atoms with van der Waals surface area (Å²) in [6.07, 6.45) is 3.18.